The molecular weight excluding hydrogens is 369 g/mol. The predicted octanol–water partition coefficient (Wildman–Crippen LogP) is 3.20. The number of H-pyrrole nitrogens is 2. The number of hydrogen-bond acceptors (Lipinski definition) is 5. The molecule has 4 rings (SSSR count). The van der Waals surface area contributed by atoms with E-state index in [4.69, 9.17) is 0 Å². The van der Waals surface area contributed by atoms with Crippen LogP contribution in [0.2, 0.25) is 0 Å². The minimum atomic E-state index is -0.0567. The Morgan fingerprint density at radius 3 is 2.75 bits per heavy atom. The summed E-state index contributed by atoms with van der Waals surface area (Å²) in [5.74, 6) is 1.35. The van der Waals surface area contributed by atoms with Crippen molar-refractivity contribution in [3.63, 3.8) is 0 Å². The Bertz CT molecular complexity index is 903. The molecule has 3 aromatic heterocycles. The molecule has 24 heavy (non-hydrogen) atoms. The van der Waals surface area contributed by atoms with Gasteiger partial charge in [0.2, 0.25) is 0 Å². The van der Waals surface area contributed by atoms with Crippen molar-refractivity contribution in [2.24, 2.45) is 5.92 Å². The van der Waals surface area contributed by atoms with Gasteiger partial charge >= 0.3 is 0 Å². The van der Waals surface area contributed by atoms with Crippen LogP contribution in [-0.2, 0) is 0 Å². The Labute approximate surface area is 155 Å². The van der Waals surface area contributed by atoms with Gasteiger partial charge in [0.1, 0.15) is 10.5 Å². The molecule has 0 bridgehead atoms. The smallest absolute Gasteiger partial charge is 0.268 e. The molecule has 0 aliphatic carbocycles. The second-order valence-electron chi connectivity index (χ2n) is 5.99. The highest BCUT2D eigenvalue weighted by Gasteiger charge is 2.25. The van der Waals surface area contributed by atoms with E-state index in [-0.39, 0.29) is 36.4 Å². The van der Waals surface area contributed by atoms with Crippen molar-refractivity contribution in [2.45, 2.75) is 26.3 Å². The summed E-state index contributed by atoms with van der Waals surface area (Å²) in [6.45, 7) is 5.14. The standard InChI is InChI=1S/C15H17N5OS.2ClH/c1-7-3-11(16-5-7)14-18-10-4-12(9-6-17-20-8(9)2)22-13(10)15(21)19-14;;/h4,6-7,11,16H,3,5H2,1-2H3,(H,17,20)(H,18,19,21);2*1H/t7-,11-;;/m0../s1. The van der Waals surface area contributed by atoms with Crippen molar-refractivity contribution in [2.75, 3.05) is 6.54 Å². The summed E-state index contributed by atoms with van der Waals surface area (Å²) in [6, 6.07) is 2.13. The topological polar surface area (TPSA) is 86.5 Å². The Morgan fingerprint density at radius 1 is 1.33 bits per heavy atom. The van der Waals surface area contributed by atoms with E-state index in [0.717, 1.165) is 40.4 Å². The third-order valence-corrected chi connectivity index (χ3v) is 5.33. The summed E-state index contributed by atoms with van der Waals surface area (Å²) >= 11 is 1.46. The van der Waals surface area contributed by atoms with Crippen molar-refractivity contribution in [1.82, 2.24) is 25.5 Å². The quantitative estimate of drug-likeness (QED) is 0.629. The maximum Gasteiger partial charge on any atom is 0.268 e. The Balaban J connectivity index is 0.00000104. The van der Waals surface area contributed by atoms with Crippen molar-refractivity contribution in [1.29, 1.82) is 0 Å². The molecule has 0 radical (unpaired) electrons. The zero-order chi connectivity index (χ0) is 15.3. The highest BCUT2D eigenvalue weighted by molar-refractivity contribution is 7.22. The maximum atomic E-state index is 12.4. The summed E-state index contributed by atoms with van der Waals surface area (Å²) in [5, 5.41) is 10.4. The molecule has 1 saturated heterocycles. The number of fused-ring (bicyclic) bond motifs is 1. The molecule has 4 heterocycles. The van der Waals surface area contributed by atoms with Crippen LogP contribution >= 0.6 is 36.2 Å². The summed E-state index contributed by atoms with van der Waals surface area (Å²) < 4.78 is 0.672. The van der Waals surface area contributed by atoms with Crippen LogP contribution in [0.4, 0.5) is 0 Å². The van der Waals surface area contributed by atoms with Gasteiger partial charge in [0.05, 0.1) is 17.8 Å². The van der Waals surface area contributed by atoms with E-state index in [2.05, 4.69) is 32.4 Å². The van der Waals surface area contributed by atoms with Crippen molar-refractivity contribution in [3.05, 3.63) is 34.1 Å². The number of nitrogens with one attached hydrogen (secondary N) is 3. The Hall–Kier alpha value is -1.41. The largest absolute Gasteiger partial charge is 0.308 e. The number of aryl methyl sites for hydroxylation is 1. The van der Waals surface area contributed by atoms with Crippen LogP contribution in [0.25, 0.3) is 20.7 Å². The fourth-order valence-electron chi connectivity index (χ4n) is 2.98. The monoisotopic (exact) mass is 387 g/mol. The molecule has 9 heteroatoms. The third-order valence-electron chi connectivity index (χ3n) is 4.18. The number of hydrogen-bond donors (Lipinski definition) is 3. The summed E-state index contributed by atoms with van der Waals surface area (Å²) in [7, 11) is 0. The van der Waals surface area contributed by atoms with E-state index >= 15 is 0 Å². The lowest BCUT2D eigenvalue weighted by Gasteiger charge is -2.08. The Morgan fingerprint density at radius 2 is 2.12 bits per heavy atom. The number of halogens is 2. The van der Waals surface area contributed by atoms with E-state index in [1.807, 2.05) is 13.0 Å². The van der Waals surface area contributed by atoms with Gasteiger partial charge in [-0.1, -0.05) is 6.92 Å². The molecule has 6 nitrogen and oxygen atoms in total. The fourth-order valence-corrected chi connectivity index (χ4v) is 4.03. The summed E-state index contributed by atoms with van der Waals surface area (Å²) in [6.07, 6.45) is 2.79. The molecule has 1 aliphatic rings. The lowest BCUT2D eigenvalue weighted by Crippen LogP contribution is -2.20. The molecule has 1 fully saturated rings. The number of aromatic nitrogens is 4. The van der Waals surface area contributed by atoms with E-state index in [0.29, 0.717) is 10.6 Å². The van der Waals surface area contributed by atoms with E-state index in [1.165, 1.54) is 11.3 Å². The van der Waals surface area contributed by atoms with Gasteiger partial charge in [0, 0.05) is 16.1 Å². The normalized spacial score (nSPS) is 19.9. The first-order chi connectivity index (χ1) is 10.6. The average Bonchev–Trinajstić information content (AvgIpc) is 3.17. The minimum absolute atomic E-state index is 0. The highest BCUT2D eigenvalue weighted by atomic mass is 35.5. The van der Waals surface area contributed by atoms with Crippen molar-refractivity contribution >= 4 is 46.4 Å². The number of aromatic amines is 2. The van der Waals surface area contributed by atoms with Gasteiger partial charge in [-0.2, -0.15) is 5.10 Å². The summed E-state index contributed by atoms with van der Waals surface area (Å²) in [5.41, 5.74) is 2.73. The number of thiophene rings is 1. The van der Waals surface area contributed by atoms with Crippen LogP contribution < -0.4 is 10.9 Å². The number of nitrogens with zero attached hydrogens (tertiary/aromatic N) is 2. The first-order valence-corrected chi connectivity index (χ1v) is 8.21. The fraction of sp³-hybridized carbons (Fsp3) is 0.400. The molecule has 3 N–H and O–H groups in total. The van der Waals surface area contributed by atoms with Gasteiger partial charge in [0.15, 0.2) is 0 Å². The van der Waals surface area contributed by atoms with Gasteiger partial charge in [-0.3, -0.25) is 9.89 Å². The van der Waals surface area contributed by atoms with Crippen LogP contribution in [0, 0.1) is 12.8 Å². The molecule has 130 valence electrons. The second-order valence-corrected chi connectivity index (χ2v) is 7.04. The van der Waals surface area contributed by atoms with E-state index in [9.17, 15) is 4.79 Å². The molecule has 2 atom stereocenters. The first kappa shape index (κ1) is 18.9. The van der Waals surface area contributed by atoms with E-state index < -0.39 is 0 Å². The molecule has 0 saturated carbocycles. The zero-order valence-corrected chi connectivity index (χ0v) is 15.7. The molecule has 0 aromatic carbocycles. The van der Waals surface area contributed by atoms with Gasteiger partial charge in [0.25, 0.3) is 5.56 Å². The number of rotatable bonds is 2. The lowest BCUT2D eigenvalue weighted by molar-refractivity contribution is 0.583. The second kappa shape index (κ2) is 7.23. The van der Waals surface area contributed by atoms with Crippen LogP contribution in [-0.4, -0.2) is 26.7 Å². The van der Waals surface area contributed by atoms with E-state index in [1.54, 1.807) is 6.20 Å². The molecule has 3 aromatic rings. The average molecular weight is 388 g/mol. The van der Waals surface area contributed by atoms with Crippen LogP contribution in [0.3, 0.4) is 0 Å². The third kappa shape index (κ3) is 3.21. The van der Waals surface area contributed by atoms with Gasteiger partial charge in [-0.15, -0.1) is 36.2 Å². The Kier molecular flexibility index (Phi) is 5.70. The van der Waals surface area contributed by atoms with Crippen LogP contribution in [0.5, 0.6) is 0 Å². The van der Waals surface area contributed by atoms with Gasteiger partial charge in [-0.05, 0) is 31.9 Å². The van der Waals surface area contributed by atoms with Crippen molar-refractivity contribution in [3.8, 4) is 10.4 Å². The summed E-state index contributed by atoms with van der Waals surface area (Å²) in [4.78, 5) is 21.0. The molecule has 0 amide bonds. The van der Waals surface area contributed by atoms with Crippen LogP contribution in [0.1, 0.15) is 30.9 Å². The minimum Gasteiger partial charge on any atom is -0.308 e. The van der Waals surface area contributed by atoms with Gasteiger partial charge < -0.3 is 10.3 Å². The van der Waals surface area contributed by atoms with Crippen molar-refractivity contribution < 1.29 is 0 Å². The molecule has 1 aliphatic heterocycles. The SMILES string of the molecule is Cc1[nH]ncc1-c1cc2nc([C@@H]3C[C@H](C)CN3)[nH]c(=O)c2s1.Cl.Cl. The van der Waals surface area contributed by atoms with Crippen LogP contribution in [0.15, 0.2) is 17.1 Å². The highest BCUT2D eigenvalue weighted by Crippen LogP contribution is 2.33. The first-order valence-electron chi connectivity index (χ1n) is 7.39. The van der Waals surface area contributed by atoms with Gasteiger partial charge in [-0.25, -0.2) is 4.98 Å². The predicted molar refractivity (Wildman–Crippen MR) is 102 cm³/mol. The lowest BCUT2D eigenvalue weighted by atomic mass is 10.1. The molecular formula is C15H19Cl2N5OS. The zero-order valence-electron chi connectivity index (χ0n) is 13.3. The maximum absolute atomic E-state index is 12.4. The molecule has 0 spiro atoms. The molecule has 0 unspecified atom stereocenters.